The van der Waals surface area contributed by atoms with E-state index in [1.165, 1.54) is 5.56 Å². The van der Waals surface area contributed by atoms with Crippen LogP contribution < -0.4 is 10.2 Å². The molecule has 0 fully saturated rings. The molecule has 0 atom stereocenters. The van der Waals surface area contributed by atoms with E-state index in [2.05, 4.69) is 15.3 Å². The van der Waals surface area contributed by atoms with Crippen molar-refractivity contribution in [1.82, 2.24) is 15.3 Å². The Morgan fingerprint density at radius 3 is 2.64 bits per heavy atom. The van der Waals surface area contributed by atoms with Gasteiger partial charge in [-0.25, -0.2) is 9.97 Å². The zero-order chi connectivity index (χ0) is 8.55. The van der Waals surface area contributed by atoms with Crippen molar-refractivity contribution in [1.29, 1.82) is 0 Å². The number of nitrogens with one attached hydrogen (secondary N) is 1. The van der Waals surface area contributed by atoms with Gasteiger partial charge in [0.25, 0.3) is 0 Å². The van der Waals surface area contributed by atoms with Crippen LogP contribution in [0.1, 0.15) is 11.3 Å². The number of hydrogen-bond donors (Lipinski definition) is 1. The summed E-state index contributed by atoms with van der Waals surface area (Å²) in [5, 5.41) is 3.23. The van der Waals surface area contributed by atoms with Crippen molar-refractivity contribution < 1.29 is 0 Å². The van der Waals surface area contributed by atoms with Crippen molar-refractivity contribution in [2.24, 2.45) is 0 Å². The van der Waals surface area contributed by atoms with Gasteiger partial charge in [-0.3, -0.25) is 0 Å². The first-order valence-corrected chi connectivity index (χ1v) is 4.00. The van der Waals surface area contributed by atoms with Crippen LogP contribution in [0.15, 0.2) is 6.20 Å². The van der Waals surface area contributed by atoms with E-state index in [-0.39, 0.29) is 24.8 Å². The van der Waals surface area contributed by atoms with Gasteiger partial charge < -0.3 is 10.2 Å². The normalized spacial score (nSPS) is 12.4. The van der Waals surface area contributed by atoms with Crippen LogP contribution in [0.4, 0.5) is 5.95 Å². The summed E-state index contributed by atoms with van der Waals surface area (Å²) in [4.78, 5) is 10.5. The standard InChI is InChI=1S/C8H12N4.2ClH/c1-12(2)8-10-4-6-3-9-5-7(6)11-8;;/h4,9H,3,5H2,1-2H3;2*1H. The highest BCUT2D eigenvalue weighted by molar-refractivity contribution is 5.85. The Kier molecular flexibility index (Phi) is 5.12. The van der Waals surface area contributed by atoms with Crippen molar-refractivity contribution in [3.05, 3.63) is 17.5 Å². The molecule has 0 radical (unpaired) electrons. The fraction of sp³-hybridized carbons (Fsp3) is 0.500. The lowest BCUT2D eigenvalue weighted by atomic mass is 10.3. The maximum Gasteiger partial charge on any atom is 0.225 e. The Morgan fingerprint density at radius 2 is 2.00 bits per heavy atom. The highest BCUT2D eigenvalue weighted by Crippen LogP contribution is 2.13. The molecule has 1 aliphatic rings. The van der Waals surface area contributed by atoms with Gasteiger partial charge in [-0.05, 0) is 0 Å². The Hall–Kier alpha value is -0.580. The van der Waals surface area contributed by atoms with E-state index < -0.39 is 0 Å². The predicted molar refractivity (Wildman–Crippen MR) is 61.4 cm³/mol. The molecule has 0 saturated heterocycles. The smallest absolute Gasteiger partial charge is 0.225 e. The van der Waals surface area contributed by atoms with Crippen LogP contribution in [0.3, 0.4) is 0 Å². The fourth-order valence-electron chi connectivity index (χ4n) is 1.26. The second kappa shape index (κ2) is 5.34. The zero-order valence-electron chi connectivity index (χ0n) is 8.15. The minimum absolute atomic E-state index is 0. The molecular formula is C8H14Cl2N4. The molecular weight excluding hydrogens is 223 g/mol. The van der Waals surface area contributed by atoms with Crippen molar-refractivity contribution in [3.8, 4) is 0 Å². The number of hydrogen-bond acceptors (Lipinski definition) is 4. The molecule has 6 heteroatoms. The van der Waals surface area contributed by atoms with Crippen molar-refractivity contribution in [2.45, 2.75) is 13.1 Å². The van der Waals surface area contributed by atoms with Gasteiger partial charge in [-0.1, -0.05) is 0 Å². The number of fused-ring (bicyclic) bond motifs is 1. The second-order valence-electron chi connectivity index (χ2n) is 3.14. The summed E-state index contributed by atoms with van der Waals surface area (Å²) in [6.07, 6.45) is 1.90. The van der Waals surface area contributed by atoms with Crippen LogP contribution in [0.25, 0.3) is 0 Å². The zero-order valence-corrected chi connectivity index (χ0v) is 9.78. The fourth-order valence-corrected chi connectivity index (χ4v) is 1.26. The third-order valence-electron chi connectivity index (χ3n) is 1.95. The SMILES string of the molecule is CN(C)c1ncc2c(n1)CNC2.Cl.Cl. The number of nitrogens with zero attached hydrogens (tertiary/aromatic N) is 3. The summed E-state index contributed by atoms with van der Waals surface area (Å²) in [5.41, 5.74) is 2.36. The summed E-state index contributed by atoms with van der Waals surface area (Å²) in [5.74, 6) is 0.789. The summed E-state index contributed by atoms with van der Waals surface area (Å²) < 4.78 is 0. The average Bonchev–Trinajstić information content (AvgIpc) is 2.49. The first-order valence-electron chi connectivity index (χ1n) is 4.00. The van der Waals surface area contributed by atoms with E-state index in [4.69, 9.17) is 0 Å². The number of halogens is 2. The van der Waals surface area contributed by atoms with E-state index in [0.717, 1.165) is 24.7 Å². The summed E-state index contributed by atoms with van der Waals surface area (Å²) >= 11 is 0. The van der Waals surface area contributed by atoms with Crippen LogP contribution in [-0.4, -0.2) is 24.1 Å². The lowest BCUT2D eigenvalue weighted by Gasteiger charge is -2.09. The Morgan fingerprint density at radius 1 is 1.29 bits per heavy atom. The molecule has 1 aromatic rings. The van der Waals surface area contributed by atoms with Gasteiger partial charge in [0.05, 0.1) is 5.69 Å². The average molecular weight is 237 g/mol. The maximum atomic E-state index is 4.41. The topological polar surface area (TPSA) is 41.1 Å². The van der Waals surface area contributed by atoms with E-state index in [1.54, 1.807) is 0 Å². The highest BCUT2D eigenvalue weighted by atomic mass is 35.5. The van der Waals surface area contributed by atoms with Gasteiger partial charge in [0.1, 0.15) is 0 Å². The van der Waals surface area contributed by atoms with Crippen LogP contribution >= 0.6 is 24.8 Å². The van der Waals surface area contributed by atoms with Gasteiger partial charge in [0.2, 0.25) is 5.95 Å². The van der Waals surface area contributed by atoms with Crippen LogP contribution in [0.2, 0.25) is 0 Å². The molecule has 1 N–H and O–H groups in total. The first kappa shape index (κ1) is 13.4. The van der Waals surface area contributed by atoms with Crippen molar-refractivity contribution in [2.75, 3.05) is 19.0 Å². The molecule has 1 aliphatic heterocycles. The first-order chi connectivity index (χ1) is 5.77. The Labute approximate surface area is 95.9 Å². The number of aromatic nitrogens is 2. The monoisotopic (exact) mass is 236 g/mol. The molecule has 2 rings (SSSR count). The third-order valence-corrected chi connectivity index (χ3v) is 1.95. The van der Waals surface area contributed by atoms with Crippen LogP contribution in [0, 0.1) is 0 Å². The van der Waals surface area contributed by atoms with Crippen LogP contribution in [-0.2, 0) is 13.1 Å². The number of anilines is 1. The maximum absolute atomic E-state index is 4.41. The van der Waals surface area contributed by atoms with Gasteiger partial charge in [0.15, 0.2) is 0 Å². The lowest BCUT2D eigenvalue weighted by Crippen LogP contribution is -2.13. The summed E-state index contributed by atoms with van der Waals surface area (Å²) in [7, 11) is 3.90. The number of rotatable bonds is 1. The van der Waals surface area contributed by atoms with Gasteiger partial charge in [-0.2, -0.15) is 0 Å². The molecule has 0 aliphatic carbocycles. The quantitative estimate of drug-likeness (QED) is 0.790. The second-order valence-corrected chi connectivity index (χ2v) is 3.14. The largest absolute Gasteiger partial charge is 0.347 e. The molecule has 1 aromatic heterocycles. The Balaban J connectivity index is 0.000000845. The van der Waals surface area contributed by atoms with Gasteiger partial charge >= 0.3 is 0 Å². The molecule has 0 bridgehead atoms. The van der Waals surface area contributed by atoms with Crippen molar-refractivity contribution in [3.63, 3.8) is 0 Å². The molecule has 0 saturated carbocycles. The molecule has 0 aromatic carbocycles. The molecule has 2 heterocycles. The minimum atomic E-state index is 0. The molecule has 0 unspecified atom stereocenters. The van der Waals surface area contributed by atoms with Gasteiger partial charge in [0, 0.05) is 38.9 Å². The van der Waals surface area contributed by atoms with Gasteiger partial charge in [-0.15, -0.1) is 24.8 Å². The summed E-state index contributed by atoms with van der Waals surface area (Å²) in [6.45, 7) is 1.78. The van der Waals surface area contributed by atoms with E-state index in [9.17, 15) is 0 Å². The molecule has 0 spiro atoms. The molecule has 80 valence electrons. The minimum Gasteiger partial charge on any atom is -0.347 e. The predicted octanol–water partition coefficient (Wildman–Crippen LogP) is 0.989. The highest BCUT2D eigenvalue weighted by Gasteiger charge is 2.12. The molecule has 14 heavy (non-hydrogen) atoms. The van der Waals surface area contributed by atoms with E-state index in [0.29, 0.717) is 0 Å². The third kappa shape index (κ3) is 2.47. The van der Waals surface area contributed by atoms with E-state index >= 15 is 0 Å². The summed E-state index contributed by atoms with van der Waals surface area (Å²) in [6, 6.07) is 0. The van der Waals surface area contributed by atoms with E-state index in [1.807, 2.05) is 25.2 Å². The molecule has 0 amide bonds. The van der Waals surface area contributed by atoms with Crippen LogP contribution in [0.5, 0.6) is 0 Å². The molecule has 4 nitrogen and oxygen atoms in total. The lowest BCUT2D eigenvalue weighted by molar-refractivity contribution is 0.757. The Bertz CT molecular complexity index is 303. The van der Waals surface area contributed by atoms with Crippen molar-refractivity contribution >= 4 is 30.8 Å².